The molecule has 0 saturated carbocycles. The van der Waals surface area contributed by atoms with E-state index in [2.05, 4.69) is 14.5 Å². The average Bonchev–Trinajstić information content (AvgIpc) is 2.50. The highest BCUT2D eigenvalue weighted by molar-refractivity contribution is 5.79. The Morgan fingerprint density at radius 1 is 0.875 bits per heavy atom. The molecule has 0 N–H and O–H groups in total. The Kier molecular flexibility index (Phi) is 6.97. The molecule has 0 amide bonds. The highest BCUT2D eigenvalue weighted by atomic mass is 19.4. The predicted molar refractivity (Wildman–Crippen MR) is 75.5 cm³/mol. The molecule has 1 aromatic heterocycles. The maximum Gasteiger partial charge on any atom is 0.433 e. The molecule has 0 spiro atoms. The molecule has 1 aromatic carbocycles. The van der Waals surface area contributed by atoms with Crippen LogP contribution in [-0.2, 0) is 21.8 Å². The predicted octanol–water partition coefficient (Wildman–Crippen LogP) is 4.55. The lowest BCUT2D eigenvalue weighted by Crippen LogP contribution is -2.18. The SMILES string of the molecule is COCCOC.FC(F)(F)c1cc2ccccc2nc1C(F)(F)F. The number of methoxy groups -OCH3 is 2. The van der Waals surface area contributed by atoms with Crippen molar-refractivity contribution in [3.8, 4) is 0 Å². The topological polar surface area (TPSA) is 31.4 Å². The lowest BCUT2D eigenvalue weighted by molar-refractivity contribution is -0.164. The van der Waals surface area contributed by atoms with Crippen molar-refractivity contribution >= 4 is 10.9 Å². The minimum Gasteiger partial charge on any atom is -0.382 e. The van der Waals surface area contributed by atoms with Gasteiger partial charge in [-0.25, -0.2) is 4.98 Å². The second kappa shape index (κ2) is 8.29. The van der Waals surface area contributed by atoms with E-state index < -0.39 is 23.6 Å². The third kappa shape index (κ3) is 5.64. The number of aromatic nitrogens is 1. The molecule has 0 radical (unpaired) electrons. The van der Waals surface area contributed by atoms with E-state index in [0.717, 1.165) is 0 Å². The molecule has 134 valence electrons. The molecular formula is C15H15F6NO2. The van der Waals surface area contributed by atoms with E-state index >= 15 is 0 Å². The molecule has 2 rings (SSSR count). The molecule has 0 saturated heterocycles. The van der Waals surface area contributed by atoms with Gasteiger partial charge in [-0.1, -0.05) is 18.2 Å². The number of hydrogen-bond acceptors (Lipinski definition) is 3. The molecule has 0 fully saturated rings. The molecular weight excluding hydrogens is 340 g/mol. The smallest absolute Gasteiger partial charge is 0.382 e. The molecule has 9 heteroatoms. The summed E-state index contributed by atoms with van der Waals surface area (Å²) in [6.07, 6.45) is -10.2. The minimum absolute atomic E-state index is 0.0119. The zero-order chi connectivity index (χ0) is 18.4. The van der Waals surface area contributed by atoms with Crippen molar-refractivity contribution in [1.29, 1.82) is 0 Å². The minimum atomic E-state index is -5.14. The Bertz CT molecular complexity index is 598. The van der Waals surface area contributed by atoms with Crippen molar-refractivity contribution in [3.63, 3.8) is 0 Å². The number of fused-ring (bicyclic) bond motifs is 1. The molecule has 2 aromatic rings. The summed E-state index contributed by atoms with van der Waals surface area (Å²) in [7, 11) is 3.30. The normalized spacial score (nSPS) is 12.0. The summed E-state index contributed by atoms with van der Waals surface area (Å²) >= 11 is 0. The van der Waals surface area contributed by atoms with Gasteiger partial charge in [0.25, 0.3) is 0 Å². The molecule has 1 heterocycles. The van der Waals surface area contributed by atoms with E-state index in [1.807, 2.05) is 0 Å². The van der Waals surface area contributed by atoms with Crippen LogP contribution in [-0.4, -0.2) is 32.4 Å². The van der Waals surface area contributed by atoms with Gasteiger partial charge in [0.2, 0.25) is 0 Å². The van der Waals surface area contributed by atoms with Gasteiger partial charge in [0.05, 0.1) is 24.3 Å². The first kappa shape index (κ1) is 20.2. The Balaban J connectivity index is 0.000000413. The third-order valence-corrected chi connectivity index (χ3v) is 2.79. The van der Waals surface area contributed by atoms with E-state index in [1.165, 1.54) is 24.3 Å². The van der Waals surface area contributed by atoms with Crippen LogP contribution < -0.4 is 0 Å². The van der Waals surface area contributed by atoms with Crippen molar-refractivity contribution in [2.75, 3.05) is 27.4 Å². The first-order chi connectivity index (χ1) is 11.1. The Morgan fingerprint density at radius 2 is 1.42 bits per heavy atom. The molecule has 3 nitrogen and oxygen atoms in total. The summed E-state index contributed by atoms with van der Waals surface area (Å²) in [5.74, 6) is 0. The molecule has 0 aliphatic heterocycles. The van der Waals surface area contributed by atoms with Crippen LogP contribution in [0.1, 0.15) is 11.3 Å². The van der Waals surface area contributed by atoms with E-state index in [-0.39, 0.29) is 10.9 Å². The van der Waals surface area contributed by atoms with E-state index in [0.29, 0.717) is 19.3 Å². The van der Waals surface area contributed by atoms with Crippen molar-refractivity contribution < 1.29 is 35.8 Å². The highest BCUT2D eigenvalue weighted by Gasteiger charge is 2.44. The quantitative estimate of drug-likeness (QED) is 0.598. The lowest BCUT2D eigenvalue weighted by Gasteiger charge is -2.15. The van der Waals surface area contributed by atoms with Crippen molar-refractivity contribution in [3.05, 3.63) is 41.6 Å². The number of hydrogen-bond donors (Lipinski definition) is 0. The van der Waals surface area contributed by atoms with Gasteiger partial charge < -0.3 is 9.47 Å². The number of rotatable bonds is 3. The van der Waals surface area contributed by atoms with E-state index in [4.69, 9.17) is 0 Å². The van der Waals surface area contributed by atoms with Crippen molar-refractivity contribution in [2.24, 2.45) is 0 Å². The molecule has 0 aliphatic rings. The Hall–Kier alpha value is -1.87. The van der Waals surface area contributed by atoms with Gasteiger partial charge in [-0.05, 0) is 12.1 Å². The Labute approximate surface area is 134 Å². The zero-order valence-corrected chi connectivity index (χ0v) is 12.8. The fourth-order valence-electron chi connectivity index (χ4n) is 1.71. The summed E-state index contributed by atoms with van der Waals surface area (Å²) in [5, 5.41) is 0.0119. The number of benzene rings is 1. The summed E-state index contributed by atoms with van der Waals surface area (Å²) < 4.78 is 84.6. The van der Waals surface area contributed by atoms with Crippen LogP contribution in [0.5, 0.6) is 0 Å². The maximum atomic E-state index is 12.6. The molecule has 0 bridgehead atoms. The summed E-state index contributed by atoms with van der Waals surface area (Å²) in [6, 6.07) is 5.80. The Morgan fingerprint density at radius 3 is 1.88 bits per heavy atom. The van der Waals surface area contributed by atoms with Gasteiger partial charge in [-0.3, -0.25) is 0 Å². The summed E-state index contributed by atoms with van der Waals surface area (Å²) in [6.45, 7) is 1.38. The van der Waals surface area contributed by atoms with Crippen LogP contribution >= 0.6 is 0 Å². The fraction of sp³-hybridized carbons (Fsp3) is 0.400. The van der Waals surface area contributed by atoms with E-state index in [1.54, 1.807) is 14.2 Å². The van der Waals surface area contributed by atoms with Crippen LogP contribution in [0.15, 0.2) is 30.3 Å². The van der Waals surface area contributed by atoms with E-state index in [9.17, 15) is 26.3 Å². The van der Waals surface area contributed by atoms with Gasteiger partial charge in [0.1, 0.15) is 0 Å². The lowest BCUT2D eigenvalue weighted by atomic mass is 10.1. The first-order valence-corrected chi connectivity index (χ1v) is 6.63. The second-order valence-electron chi connectivity index (χ2n) is 4.56. The third-order valence-electron chi connectivity index (χ3n) is 2.79. The van der Waals surface area contributed by atoms with Crippen LogP contribution in [0.3, 0.4) is 0 Å². The fourth-order valence-corrected chi connectivity index (χ4v) is 1.71. The van der Waals surface area contributed by atoms with Gasteiger partial charge in [-0.2, -0.15) is 26.3 Å². The molecule has 24 heavy (non-hydrogen) atoms. The first-order valence-electron chi connectivity index (χ1n) is 6.63. The number of nitrogens with zero attached hydrogens (tertiary/aromatic N) is 1. The van der Waals surface area contributed by atoms with Gasteiger partial charge >= 0.3 is 12.4 Å². The second-order valence-corrected chi connectivity index (χ2v) is 4.56. The molecule has 0 aliphatic carbocycles. The van der Waals surface area contributed by atoms with Gasteiger partial charge in [-0.15, -0.1) is 0 Å². The summed E-state index contributed by atoms with van der Waals surface area (Å²) in [4.78, 5) is 3.07. The number of halogens is 6. The largest absolute Gasteiger partial charge is 0.433 e. The summed E-state index contributed by atoms with van der Waals surface area (Å²) in [5.41, 5.74) is -3.81. The van der Waals surface area contributed by atoms with Crippen LogP contribution in [0, 0.1) is 0 Å². The van der Waals surface area contributed by atoms with Crippen LogP contribution in [0.4, 0.5) is 26.3 Å². The van der Waals surface area contributed by atoms with Crippen molar-refractivity contribution in [1.82, 2.24) is 4.98 Å². The van der Waals surface area contributed by atoms with Crippen LogP contribution in [0.2, 0.25) is 0 Å². The number of alkyl halides is 6. The number of ether oxygens (including phenoxy) is 2. The maximum absolute atomic E-state index is 12.6. The number of pyridine rings is 1. The zero-order valence-electron chi connectivity index (χ0n) is 12.8. The van der Waals surface area contributed by atoms with Gasteiger partial charge in [0, 0.05) is 19.6 Å². The van der Waals surface area contributed by atoms with Gasteiger partial charge in [0.15, 0.2) is 5.69 Å². The highest BCUT2D eigenvalue weighted by Crippen LogP contribution is 2.40. The number of para-hydroxylation sites is 1. The monoisotopic (exact) mass is 355 g/mol. The molecule has 0 atom stereocenters. The van der Waals surface area contributed by atoms with Crippen molar-refractivity contribution in [2.45, 2.75) is 12.4 Å². The van der Waals surface area contributed by atoms with Crippen LogP contribution in [0.25, 0.3) is 10.9 Å². The average molecular weight is 355 g/mol. The standard InChI is InChI=1S/C11H5F6N.C4H10O2/c12-10(13,14)7-5-6-3-1-2-4-8(6)18-9(7)11(15,16)17;1-5-3-4-6-2/h1-5H;3-4H2,1-2H3. The molecule has 0 unspecified atom stereocenters.